The first-order chi connectivity index (χ1) is 14.8. The Morgan fingerprint density at radius 3 is 2.77 bits per heavy atom. The fourth-order valence-electron chi connectivity index (χ4n) is 3.17. The van der Waals surface area contributed by atoms with E-state index in [1.54, 1.807) is 17.8 Å². The molecule has 0 saturated heterocycles. The highest BCUT2D eigenvalue weighted by molar-refractivity contribution is 7.99. The zero-order chi connectivity index (χ0) is 22.4. The molecule has 1 amide bonds. The van der Waals surface area contributed by atoms with Gasteiger partial charge in [-0.1, -0.05) is 30.2 Å². The van der Waals surface area contributed by atoms with Crippen LogP contribution in [0, 0.1) is 0 Å². The first-order valence-electron chi connectivity index (χ1n) is 9.75. The summed E-state index contributed by atoms with van der Waals surface area (Å²) < 4.78 is 32.0. The second-order valence-electron chi connectivity index (χ2n) is 7.14. The van der Waals surface area contributed by atoms with Gasteiger partial charge in [0.05, 0.1) is 5.56 Å². The third-order valence-electron chi connectivity index (χ3n) is 4.76. The van der Waals surface area contributed by atoms with Gasteiger partial charge in [0.25, 0.3) is 16.0 Å². The number of nitrogens with one attached hydrogen (secondary N) is 2. The van der Waals surface area contributed by atoms with E-state index in [-0.39, 0.29) is 11.6 Å². The number of hydrogen-bond acceptors (Lipinski definition) is 5. The van der Waals surface area contributed by atoms with Crippen molar-refractivity contribution in [3.63, 3.8) is 0 Å². The predicted molar refractivity (Wildman–Crippen MR) is 124 cm³/mol. The molecule has 3 rings (SSSR count). The van der Waals surface area contributed by atoms with Gasteiger partial charge in [-0.05, 0) is 43.2 Å². The van der Waals surface area contributed by atoms with E-state index in [9.17, 15) is 17.8 Å². The quantitative estimate of drug-likeness (QED) is 0.196. The maximum absolute atomic E-state index is 12.2. The Balaban J connectivity index is 1.40. The lowest BCUT2D eigenvalue weighted by Gasteiger charge is -2.11. The summed E-state index contributed by atoms with van der Waals surface area (Å²) in [6.45, 7) is 0.388. The van der Waals surface area contributed by atoms with Crippen molar-refractivity contribution in [2.45, 2.75) is 35.1 Å². The minimum atomic E-state index is -4.46. The van der Waals surface area contributed by atoms with E-state index < -0.39 is 20.9 Å². The van der Waals surface area contributed by atoms with Crippen LogP contribution in [0.25, 0.3) is 10.9 Å². The van der Waals surface area contributed by atoms with Crippen LogP contribution in [0.5, 0.6) is 0 Å². The highest BCUT2D eigenvalue weighted by atomic mass is 35.5. The summed E-state index contributed by atoms with van der Waals surface area (Å²) in [5.74, 6) is 0.221. The molecular formula is C21H24ClN3O4S2. The lowest BCUT2D eigenvalue weighted by molar-refractivity contribution is 0.0949. The van der Waals surface area contributed by atoms with Gasteiger partial charge >= 0.3 is 0 Å². The summed E-state index contributed by atoms with van der Waals surface area (Å²) in [6.07, 6.45) is 4.29. The summed E-state index contributed by atoms with van der Waals surface area (Å²) in [5, 5.41) is 4.46. The number of fused-ring (bicyclic) bond motifs is 1. The number of aromatic nitrogens is 1. The monoisotopic (exact) mass is 481 g/mol. The minimum Gasteiger partial charge on any atom is -0.360 e. The molecule has 3 aromatic rings. The van der Waals surface area contributed by atoms with Crippen LogP contribution in [0.4, 0.5) is 0 Å². The number of unbranched alkanes of at least 4 members (excludes halogenated alkanes) is 1. The number of thioether (sulfide) groups is 1. The molecule has 1 heterocycles. The second-order valence-corrected chi connectivity index (χ2v) is 10.0. The average molecular weight is 482 g/mol. The van der Waals surface area contributed by atoms with Crippen LogP contribution in [-0.2, 0) is 10.1 Å². The van der Waals surface area contributed by atoms with Crippen molar-refractivity contribution in [3.8, 4) is 0 Å². The number of nitrogens with two attached hydrogens (primary N) is 1. The van der Waals surface area contributed by atoms with Gasteiger partial charge in [0.15, 0.2) is 0 Å². The number of H-pyrrole nitrogens is 1. The number of carbonyl (C=O) groups is 1. The molecule has 1 unspecified atom stereocenters. The van der Waals surface area contributed by atoms with Crippen LogP contribution >= 0.6 is 23.4 Å². The molecule has 31 heavy (non-hydrogen) atoms. The van der Waals surface area contributed by atoms with E-state index in [1.807, 2.05) is 24.4 Å². The van der Waals surface area contributed by atoms with Gasteiger partial charge in [0.2, 0.25) is 0 Å². The third kappa shape index (κ3) is 6.47. The molecule has 0 radical (unpaired) electrons. The molecule has 0 aliphatic carbocycles. The van der Waals surface area contributed by atoms with Gasteiger partial charge in [-0.3, -0.25) is 9.35 Å². The maximum atomic E-state index is 12.2. The summed E-state index contributed by atoms with van der Waals surface area (Å²) in [4.78, 5) is 16.2. The van der Waals surface area contributed by atoms with Crippen LogP contribution in [0.3, 0.4) is 0 Å². The molecule has 5 N–H and O–H groups in total. The Morgan fingerprint density at radius 2 is 2.00 bits per heavy atom. The third-order valence-corrected chi connectivity index (χ3v) is 7.15. The molecule has 0 saturated carbocycles. The molecule has 2 aromatic carbocycles. The Bertz CT molecular complexity index is 1160. The second kappa shape index (κ2) is 10.5. The van der Waals surface area contributed by atoms with Gasteiger partial charge in [-0.25, -0.2) is 0 Å². The summed E-state index contributed by atoms with van der Waals surface area (Å²) in [7, 11) is -4.46. The Kier molecular flexibility index (Phi) is 8.01. The molecule has 7 nitrogen and oxygen atoms in total. The Morgan fingerprint density at radius 1 is 1.23 bits per heavy atom. The Hall–Kier alpha value is -2.04. The molecule has 1 aromatic heterocycles. The van der Waals surface area contributed by atoms with Crippen molar-refractivity contribution in [1.29, 1.82) is 0 Å². The molecule has 1 atom stereocenters. The van der Waals surface area contributed by atoms with E-state index in [2.05, 4.69) is 10.3 Å². The van der Waals surface area contributed by atoms with E-state index in [4.69, 9.17) is 17.3 Å². The van der Waals surface area contributed by atoms with Gasteiger partial charge < -0.3 is 16.0 Å². The van der Waals surface area contributed by atoms with Crippen molar-refractivity contribution in [3.05, 3.63) is 59.2 Å². The topological polar surface area (TPSA) is 125 Å². The van der Waals surface area contributed by atoms with Gasteiger partial charge in [0, 0.05) is 45.4 Å². The molecule has 0 fully saturated rings. The first-order valence-corrected chi connectivity index (χ1v) is 12.6. The van der Waals surface area contributed by atoms with E-state index in [0.717, 1.165) is 34.4 Å². The van der Waals surface area contributed by atoms with E-state index >= 15 is 0 Å². The minimum absolute atomic E-state index is 0.00472. The zero-order valence-electron chi connectivity index (χ0n) is 16.7. The summed E-state index contributed by atoms with van der Waals surface area (Å²) in [6, 6.07) is 11.3. The van der Waals surface area contributed by atoms with Crippen LogP contribution < -0.4 is 11.1 Å². The van der Waals surface area contributed by atoms with Gasteiger partial charge in [-0.15, -0.1) is 11.8 Å². The highest BCUT2D eigenvalue weighted by Gasteiger charge is 2.19. The van der Waals surface area contributed by atoms with Crippen LogP contribution in [0.1, 0.15) is 29.6 Å². The Labute approximate surface area is 190 Å². The predicted octanol–water partition coefficient (Wildman–Crippen LogP) is 4.09. The maximum Gasteiger partial charge on any atom is 0.295 e. The average Bonchev–Trinajstić information content (AvgIpc) is 3.13. The molecule has 0 aliphatic rings. The fraction of sp³-hybridized carbons (Fsp3) is 0.286. The smallest absolute Gasteiger partial charge is 0.295 e. The van der Waals surface area contributed by atoms with Crippen molar-refractivity contribution >= 4 is 50.3 Å². The van der Waals surface area contributed by atoms with Crippen LogP contribution in [0.2, 0.25) is 5.02 Å². The van der Waals surface area contributed by atoms with Crippen molar-refractivity contribution in [2.75, 3.05) is 12.3 Å². The molecule has 0 aliphatic heterocycles. The lowest BCUT2D eigenvalue weighted by atomic mass is 10.1. The number of rotatable bonds is 10. The number of carbonyl (C=O) groups excluding carboxylic acids is 1. The summed E-state index contributed by atoms with van der Waals surface area (Å²) >= 11 is 7.76. The lowest BCUT2D eigenvalue weighted by Crippen LogP contribution is -2.27. The SMILES string of the molecule is NC(CCCCNC(=O)c1ccccc1S(=O)(=O)O)CSc1c[nH]c2ccc(Cl)cc12. The molecular weight excluding hydrogens is 458 g/mol. The van der Waals surface area contributed by atoms with E-state index in [0.29, 0.717) is 18.0 Å². The molecule has 0 spiro atoms. The first kappa shape index (κ1) is 23.6. The normalized spacial score (nSPS) is 12.7. The van der Waals surface area contributed by atoms with Crippen molar-refractivity contribution in [1.82, 2.24) is 10.3 Å². The number of hydrogen-bond donors (Lipinski definition) is 4. The molecule has 0 bridgehead atoms. The standard InChI is InChI=1S/C21H24ClN3O4S2/c22-14-8-9-18-17(11-14)19(12-25-18)30-13-15(23)5-3-4-10-24-21(26)16-6-1-2-7-20(16)31(27,28)29/h1-2,6-9,11-12,15,25H,3-5,10,13,23H2,(H,24,26)(H,27,28,29). The van der Waals surface area contributed by atoms with Crippen LogP contribution in [0.15, 0.2) is 58.5 Å². The highest BCUT2D eigenvalue weighted by Crippen LogP contribution is 2.30. The van der Waals surface area contributed by atoms with Crippen LogP contribution in [-0.4, -0.2) is 42.2 Å². The van der Waals surface area contributed by atoms with Gasteiger partial charge in [-0.2, -0.15) is 8.42 Å². The fourth-order valence-corrected chi connectivity index (χ4v) is 5.06. The number of benzene rings is 2. The van der Waals surface area contributed by atoms with Crippen molar-refractivity contribution < 1.29 is 17.8 Å². The van der Waals surface area contributed by atoms with Crippen molar-refractivity contribution in [2.24, 2.45) is 5.73 Å². The molecule has 166 valence electrons. The molecule has 10 heteroatoms. The van der Waals surface area contributed by atoms with Gasteiger partial charge in [0.1, 0.15) is 4.90 Å². The largest absolute Gasteiger partial charge is 0.360 e. The number of amides is 1. The summed E-state index contributed by atoms with van der Waals surface area (Å²) in [5.41, 5.74) is 7.19. The number of aromatic amines is 1. The number of halogens is 1. The zero-order valence-corrected chi connectivity index (χ0v) is 19.1. The van der Waals surface area contributed by atoms with E-state index in [1.165, 1.54) is 18.2 Å².